The summed E-state index contributed by atoms with van der Waals surface area (Å²) in [5, 5.41) is 0. The molecule has 0 amide bonds. The number of carbonyl (C=O) groups excluding carboxylic acids is 1. The highest BCUT2D eigenvalue weighted by molar-refractivity contribution is 5.72. The second-order valence-electron chi connectivity index (χ2n) is 8.12. The van der Waals surface area contributed by atoms with Gasteiger partial charge in [-0.1, -0.05) is 58.3 Å². The van der Waals surface area contributed by atoms with Crippen molar-refractivity contribution in [3.05, 3.63) is 0 Å². The third-order valence-corrected chi connectivity index (χ3v) is 6.58. The van der Waals surface area contributed by atoms with Gasteiger partial charge in [-0.05, 0) is 56.3 Å². The maximum Gasteiger partial charge on any atom is 0.308 e. The van der Waals surface area contributed by atoms with Crippen molar-refractivity contribution in [3.63, 3.8) is 0 Å². The van der Waals surface area contributed by atoms with E-state index in [2.05, 4.69) is 6.92 Å². The standard InChI is InChI=1S/C21H38O2/c1-3-4-5-6-7-8-17-9-11-18(12-10-17)19-13-15-20(16-14-19)21(22)23-2/h17-20H,3-16H2,1-2H3. The van der Waals surface area contributed by atoms with Gasteiger partial charge in [-0.15, -0.1) is 0 Å². The zero-order valence-electron chi connectivity index (χ0n) is 15.5. The molecule has 0 aromatic carbocycles. The van der Waals surface area contributed by atoms with Gasteiger partial charge in [0.05, 0.1) is 13.0 Å². The van der Waals surface area contributed by atoms with Crippen molar-refractivity contribution in [2.45, 2.75) is 96.8 Å². The van der Waals surface area contributed by atoms with Crippen LogP contribution in [0.2, 0.25) is 0 Å². The van der Waals surface area contributed by atoms with Crippen LogP contribution in [0.1, 0.15) is 96.8 Å². The molecule has 2 nitrogen and oxygen atoms in total. The van der Waals surface area contributed by atoms with Crippen molar-refractivity contribution in [2.75, 3.05) is 7.11 Å². The summed E-state index contributed by atoms with van der Waals surface area (Å²) in [7, 11) is 1.53. The highest BCUT2D eigenvalue weighted by atomic mass is 16.5. The minimum Gasteiger partial charge on any atom is -0.469 e. The predicted molar refractivity (Wildman–Crippen MR) is 96.3 cm³/mol. The van der Waals surface area contributed by atoms with E-state index in [9.17, 15) is 4.79 Å². The number of hydrogen-bond acceptors (Lipinski definition) is 2. The molecule has 0 aromatic heterocycles. The van der Waals surface area contributed by atoms with Crippen molar-refractivity contribution >= 4 is 5.97 Å². The maximum atomic E-state index is 11.6. The summed E-state index contributed by atoms with van der Waals surface area (Å²) in [5.74, 6) is 3.07. The minimum atomic E-state index is 0.0234. The van der Waals surface area contributed by atoms with E-state index >= 15 is 0 Å². The Morgan fingerprint density at radius 1 is 0.826 bits per heavy atom. The Bertz CT molecular complexity index is 323. The highest BCUT2D eigenvalue weighted by Gasteiger charge is 2.33. The van der Waals surface area contributed by atoms with Crippen molar-refractivity contribution in [3.8, 4) is 0 Å². The molecule has 0 spiro atoms. The zero-order valence-corrected chi connectivity index (χ0v) is 15.5. The zero-order chi connectivity index (χ0) is 16.5. The third-order valence-electron chi connectivity index (χ3n) is 6.58. The molecule has 0 N–H and O–H groups in total. The van der Waals surface area contributed by atoms with Crippen molar-refractivity contribution in [2.24, 2.45) is 23.7 Å². The predicted octanol–water partition coefficient (Wildman–Crippen LogP) is 6.13. The van der Waals surface area contributed by atoms with Crippen molar-refractivity contribution < 1.29 is 9.53 Å². The summed E-state index contributed by atoms with van der Waals surface area (Å²) in [5.41, 5.74) is 0. The van der Waals surface area contributed by atoms with Gasteiger partial charge in [0, 0.05) is 0 Å². The van der Waals surface area contributed by atoms with E-state index in [1.165, 1.54) is 84.2 Å². The van der Waals surface area contributed by atoms with Gasteiger partial charge in [-0.25, -0.2) is 0 Å². The molecule has 134 valence electrons. The molecule has 2 fully saturated rings. The lowest BCUT2D eigenvalue weighted by atomic mass is 9.68. The van der Waals surface area contributed by atoms with Gasteiger partial charge < -0.3 is 4.74 Å². The molecule has 0 radical (unpaired) electrons. The van der Waals surface area contributed by atoms with Crippen molar-refractivity contribution in [1.29, 1.82) is 0 Å². The van der Waals surface area contributed by atoms with Crippen LogP contribution < -0.4 is 0 Å². The first-order chi connectivity index (χ1) is 11.2. The number of esters is 1. The smallest absolute Gasteiger partial charge is 0.308 e. The molecule has 2 aliphatic carbocycles. The van der Waals surface area contributed by atoms with E-state index in [1.807, 2.05) is 0 Å². The molecule has 0 unspecified atom stereocenters. The fourth-order valence-corrected chi connectivity index (χ4v) is 4.98. The van der Waals surface area contributed by atoms with Crippen molar-refractivity contribution in [1.82, 2.24) is 0 Å². The molecular weight excluding hydrogens is 284 g/mol. The summed E-state index contributed by atoms with van der Waals surface area (Å²) in [6.07, 6.45) is 19.1. The number of unbranched alkanes of at least 4 members (excludes halogenated alkanes) is 4. The topological polar surface area (TPSA) is 26.3 Å². The van der Waals surface area contributed by atoms with Gasteiger partial charge in [-0.3, -0.25) is 4.79 Å². The van der Waals surface area contributed by atoms with Crippen LogP contribution in [0.15, 0.2) is 0 Å². The lowest BCUT2D eigenvalue weighted by Gasteiger charge is -2.37. The van der Waals surface area contributed by atoms with Crippen LogP contribution in [0, 0.1) is 23.7 Å². The molecule has 0 saturated heterocycles. The number of methoxy groups -OCH3 is 1. The molecule has 23 heavy (non-hydrogen) atoms. The Morgan fingerprint density at radius 3 is 1.96 bits per heavy atom. The first-order valence-electron chi connectivity index (χ1n) is 10.3. The van der Waals surface area contributed by atoms with Gasteiger partial charge in [0.2, 0.25) is 0 Å². The Morgan fingerprint density at radius 2 is 1.39 bits per heavy atom. The average Bonchev–Trinajstić information content (AvgIpc) is 2.61. The number of rotatable bonds is 8. The van der Waals surface area contributed by atoms with E-state index in [0.29, 0.717) is 0 Å². The molecule has 2 rings (SSSR count). The Labute approximate surface area is 143 Å². The summed E-state index contributed by atoms with van der Waals surface area (Å²) in [6, 6.07) is 0. The molecule has 0 bridgehead atoms. The second-order valence-corrected chi connectivity index (χ2v) is 8.12. The fourth-order valence-electron chi connectivity index (χ4n) is 4.98. The van der Waals surface area contributed by atoms with Crippen LogP contribution in [0.25, 0.3) is 0 Å². The quantitative estimate of drug-likeness (QED) is 0.397. The number of ether oxygens (including phenoxy) is 1. The van der Waals surface area contributed by atoms with E-state index < -0.39 is 0 Å². The molecule has 2 heteroatoms. The lowest BCUT2D eigenvalue weighted by Crippen LogP contribution is -2.28. The number of carbonyl (C=O) groups is 1. The van der Waals surface area contributed by atoms with Crippen LogP contribution >= 0.6 is 0 Å². The Kier molecular flexibility index (Phi) is 8.47. The summed E-state index contributed by atoms with van der Waals surface area (Å²) in [6.45, 7) is 2.29. The molecule has 2 saturated carbocycles. The highest BCUT2D eigenvalue weighted by Crippen LogP contribution is 2.42. The monoisotopic (exact) mass is 322 g/mol. The average molecular weight is 323 g/mol. The largest absolute Gasteiger partial charge is 0.469 e. The SMILES string of the molecule is CCCCCCCC1CCC(C2CCC(C(=O)OC)CC2)CC1. The maximum absolute atomic E-state index is 11.6. The molecule has 0 aromatic rings. The Balaban J connectivity index is 1.59. The molecule has 2 aliphatic rings. The first-order valence-corrected chi connectivity index (χ1v) is 10.3. The summed E-state index contributed by atoms with van der Waals surface area (Å²) < 4.78 is 4.91. The van der Waals surface area contributed by atoms with Crippen LogP contribution in [-0.4, -0.2) is 13.1 Å². The van der Waals surface area contributed by atoms with E-state index in [4.69, 9.17) is 4.74 Å². The van der Waals surface area contributed by atoms with Gasteiger partial charge >= 0.3 is 5.97 Å². The van der Waals surface area contributed by atoms with Crippen LogP contribution in [0.3, 0.4) is 0 Å². The van der Waals surface area contributed by atoms with Gasteiger partial charge in [0.25, 0.3) is 0 Å². The van der Waals surface area contributed by atoms with E-state index in [1.54, 1.807) is 0 Å². The van der Waals surface area contributed by atoms with Crippen LogP contribution in [0.4, 0.5) is 0 Å². The molecule has 0 aliphatic heterocycles. The normalized spacial score (nSPS) is 31.7. The molecular formula is C21H38O2. The lowest BCUT2D eigenvalue weighted by molar-refractivity contribution is -0.147. The third kappa shape index (κ3) is 6.12. The van der Waals surface area contributed by atoms with Gasteiger partial charge in [-0.2, -0.15) is 0 Å². The van der Waals surface area contributed by atoms with Crippen LogP contribution in [-0.2, 0) is 9.53 Å². The van der Waals surface area contributed by atoms with Gasteiger partial charge in [0.1, 0.15) is 0 Å². The number of hydrogen-bond donors (Lipinski definition) is 0. The Hall–Kier alpha value is -0.530. The summed E-state index contributed by atoms with van der Waals surface area (Å²) in [4.78, 5) is 11.6. The fraction of sp³-hybridized carbons (Fsp3) is 0.952. The van der Waals surface area contributed by atoms with E-state index in [-0.39, 0.29) is 11.9 Å². The second kappa shape index (κ2) is 10.4. The first kappa shape index (κ1) is 18.8. The van der Waals surface area contributed by atoms with Gasteiger partial charge in [0.15, 0.2) is 0 Å². The van der Waals surface area contributed by atoms with Crippen LogP contribution in [0.5, 0.6) is 0 Å². The minimum absolute atomic E-state index is 0.0234. The molecule has 0 atom stereocenters. The van der Waals surface area contributed by atoms with E-state index in [0.717, 1.165) is 30.6 Å². The molecule has 0 heterocycles. The summed E-state index contributed by atoms with van der Waals surface area (Å²) >= 11 is 0.